The molecular weight excluding hydrogens is 541 g/mol. The zero-order chi connectivity index (χ0) is 25.4. The van der Waals surface area contributed by atoms with Gasteiger partial charge >= 0.3 is 6.18 Å². The van der Waals surface area contributed by atoms with Gasteiger partial charge in [0.25, 0.3) is 10.0 Å². The average molecular weight is 563 g/mol. The molecule has 4 rings (SSSR count). The lowest BCUT2D eigenvalue weighted by Gasteiger charge is -2.19. The topological polar surface area (TPSA) is 58.6 Å². The predicted molar refractivity (Wildman–Crippen MR) is 135 cm³/mol. The summed E-state index contributed by atoms with van der Waals surface area (Å²) in [5, 5.41) is 0.272. The second-order valence-corrected chi connectivity index (χ2v) is 12.3. The van der Waals surface area contributed by atoms with Crippen LogP contribution in [0.25, 0.3) is 10.4 Å². The standard InChI is InChI=1S/C23H22ClF3N2O3S3/c1-29-10-9-16(13-29)32-20-11-15(5-8-18(20)23(25,26)27)28-35(30,31)21-12-19(24)22(34-21)14-3-6-17(33-2)7-4-14/h3-8,11-12,16,28H,9-10,13H2,1-2H3/t16-/m1/s1. The number of hydrogen-bond donors (Lipinski definition) is 1. The highest BCUT2D eigenvalue weighted by Gasteiger charge is 2.36. The van der Waals surface area contributed by atoms with Gasteiger partial charge in [-0.25, -0.2) is 8.42 Å². The lowest BCUT2D eigenvalue weighted by Crippen LogP contribution is -2.23. The third kappa shape index (κ3) is 6.08. The first-order chi connectivity index (χ1) is 16.5. The number of benzene rings is 2. The monoisotopic (exact) mass is 562 g/mol. The zero-order valence-electron chi connectivity index (χ0n) is 18.7. The molecule has 5 nitrogen and oxygen atoms in total. The Morgan fingerprint density at radius 2 is 1.89 bits per heavy atom. The second kappa shape index (κ2) is 10.2. The Morgan fingerprint density at radius 1 is 1.17 bits per heavy atom. The number of thiophene rings is 1. The maximum atomic E-state index is 13.5. The molecule has 3 aromatic rings. The van der Waals surface area contributed by atoms with E-state index in [-0.39, 0.29) is 14.9 Å². The van der Waals surface area contributed by atoms with Gasteiger partial charge in [0.15, 0.2) is 0 Å². The van der Waals surface area contributed by atoms with Crippen LogP contribution in [0, 0.1) is 0 Å². The van der Waals surface area contributed by atoms with Gasteiger partial charge in [-0.3, -0.25) is 4.72 Å². The minimum Gasteiger partial charge on any atom is -0.488 e. The smallest absolute Gasteiger partial charge is 0.419 e. The Bertz CT molecular complexity index is 1310. The van der Waals surface area contributed by atoms with Gasteiger partial charge in [0.2, 0.25) is 0 Å². The van der Waals surface area contributed by atoms with Crippen molar-refractivity contribution in [2.45, 2.75) is 27.8 Å². The fourth-order valence-corrected chi connectivity index (χ4v) is 7.00. The number of nitrogens with one attached hydrogen (secondary N) is 1. The van der Waals surface area contributed by atoms with Gasteiger partial charge in [0, 0.05) is 24.1 Å². The summed E-state index contributed by atoms with van der Waals surface area (Å²) in [7, 11) is -2.24. The predicted octanol–water partition coefficient (Wildman–Crippen LogP) is 6.69. The number of anilines is 1. The third-order valence-electron chi connectivity index (χ3n) is 5.46. The molecule has 1 aliphatic heterocycles. The molecule has 1 aliphatic rings. The first kappa shape index (κ1) is 26.2. The summed E-state index contributed by atoms with van der Waals surface area (Å²) >= 11 is 8.90. The highest BCUT2D eigenvalue weighted by atomic mass is 35.5. The van der Waals surface area contributed by atoms with Crippen LogP contribution in [0.2, 0.25) is 5.02 Å². The van der Waals surface area contributed by atoms with Gasteiger partial charge in [0.1, 0.15) is 16.1 Å². The third-order valence-corrected chi connectivity index (χ3v) is 9.65. The van der Waals surface area contributed by atoms with Crippen molar-refractivity contribution in [1.29, 1.82) is 0 Å². The summed E-state index contributed by atoms with van der Waals surface area (Å²) in [5.41, 5.74) is -0.217. The van der Waals surface area contributed by atoms with Crippen LogP contribution in [0.5, 0.6) is 5.75 Å². The van der Waals surface area contributed by atoms with Crippen LogP contribution < -0.4 is 9.46 Å². The molecule has 0 saturated carbocycles. The van der Waals surface area contributed by atoms with Gasteiger partial charge in [-0.1, -0.05) is 23.7 Å². The van der Waals surface area contributed by atoms with Crippen LogP contribution in [-0.2, 0) is 16.2 Å². The molecule has 1 aromatic heterocycles. The Labute approximate surface area is 215 Å². The Hall–Kier alpha value is -1.92. The first-order valence-electron chi connectivity index (χ1n) is 10.5. The van der Waals surface area contributed by atoms with E-state index in [1.54, 1.807) is 11.8 Å². The van der Waals surface area contributed by atoms with Gasteiger partial charge in [0.05, 0.1) is 21.2 Å². The highest BCUT2D eigenvalue weighted by molar-refractivity contribution is 7.98. The molecule has 2 heterocycles. The molecule has 1 fully saturated rings. The van der Waals surface area contributed by atoms with E-state index in [4.69, 9.17) is 16.3 Å². The highest BCUT2D eigenvalue weighted by Crippen LogP contribution is 2.41. The van der Waals surface area contributed by atoms with Crippen LogP contribution in [-0.4, -0.2) is 45.8 Å². The Kier molecular flexibility index (Phi) is 7.63. The van der Waals surface area contributed by atoms with E-state index in [1.807, 2.05) is 42.5 Å². The SMILES string of the molecule is CSc1ccc(-c2sc(S(=O)(=O)Nc3ccc(C(F)(F)F)c(O[C@@H]4CCN(C)C4)c3)cc2Cl)cc1. The number of rotatable bonds is 7. The minimum atomic E-state index is -4.64. The van der Waals surface area contributed by atoms with Crippen LogP contribution in [0.15, 0.2) is 57.6 Å². The number of nitrogens with zero attached hydrogens (tertiary/aromatic N) is 1. The van der Waals surface area contributed by atoms with E-state index < -0.39 is 33.6 Å². The van der Waals surface area contributed by atoms with Gasteiger partial charge in [-0.15, -0.1) is 23.1 Å². The quantitative estimate of drug-likeness (QED) is 0.325. The Morgan fingerprint density at radius 3 is 2.49 bits per heavy atom. The van der Waals surface area contributed by atoms with Crippen LogP contribution >= 0.6 is 34.7 Å². The number of thioether (sulfide) groups is 1. The van der Waals surface area contributed by atoms with Crippen LogP contribution in [0.4, 0.5) is 18.9 Å². The van der Waals surface area contributed by atoms with Crippen molar-refractivity contribution >= 4 is 50.4 Å². The van der Waals surface area contributed by atoms with Crippen molar-refractivity contribution in [1.82, 2.24) is 4.90 Å². The molecular formula is C23H22ClF3N2O3S3. The summed E-state index contributed by atoms with van der Waals surface area (Å²) in [6, 6.07) is 11.8. The molecule has 0 spiro atoms. The Balaban J connectivity index is 1.61. The maximum absolute atomic E-state index is 13.5. The van der Waals surface area contributed by atoms with Crippen molar-refractivity contribution < 1.29 is 26.3 Å². The van der Waals surface area contributed by atoms with E-state index in [0.29, 0.717) is 24.4 Å². The van der Waals surface area contributed by atoms with Gasteiger partial charge < -0.3 is 9.64 Å². The number of alkyl halides is 3. The number of sulfonamides is 1. The molecule has 12 heteroatoms. The van der Waals surface area contributed by atoms with Crippen LogP contribution in [0.3, 0.4) is 0 Å². The van der Waals surface area contributed by atoms with E-state index in [1.165, 1.54) is 6.07 Å². The number of likely N-dealkylation sites (N-methyl/N-ethyl adjacent to an activating group) is 1. The number of halogens is 4. The number of hydrogen-bond acceptors (Lipinski definition) is 6. The summed E-state index contributed by atoms with van der Waals surface area (Å²) in [6.07, 6.45) is -2.52. The van der Waals surface area contributed by atoms with E-state index in [0.717, 1.165) is 40.0 Å². The lowest BCUT2D eigenvalue weighted by molar-refractivity contribution is -0.139. The van der Waals surface area contributed by atoms with Crippen molar-refractivity contribution in [2.24, 2.45) is 0 Å². The number of likely N-dealkylation sites (tertiary alicyclic amines) is 1. The van der Waals surface area contributed by atoms with Crippen molar-refractivity contribution in [2.75, 3.05) is 31.1 Å². The molecule has 1 N–H and O–H groups in total. The second-order valence-electron chi connectivity index (χ2n) is 8.08. The van der Waals surface area contributed by atoms with E-state index >= 15 is 0 Å². The molecule has 2 aromatic carbocycles. The lowest BCUT2D eigenvalue weighted by atomic mass is 10.1. The molecule has 0 aliphatic carbocycles. The van der Waals surface area contributed by atoms with Crippen molar-refractivity contribution in [3.63, 3.8) is 0 Å². The molecule has 0 bridgehead atoms. The first-order valence-corrected chi connectivity index (χ1v) is 14.4. The summed E-state index contributed by atoms with van der Waals surface area (Å²) < 4.78 is 74.7. The van der Waals surface area contributed by atoms with Gasteiger partial charge in [-0.05, 0) is 55.6 Å². The maximum Gasteiger partial charge on any atom is 0.419 e. The summed E-state index contributed by atoms with van der Waals surface area (Å²) in [4.78, 5) is 3.60. The number of ether oxygens (including phenoxy) is 1. The van der Waals surface area contributed by atoms with Gasteiger partial charge in [-0.2, -0.15) is 13.2 Å². The fourth-order valence-electron chi connectivity index (χ4n) is 3.71. The molecule has 0 amide bonds. The van der Waals surface area contributed by atoms with E-state index in [9.17, 15) is 21.6 Å². The van der Waals surface area contributed by atoms with Crippen molar-refractivity contribution in [3.8, 4) is 16.2 Å². The molecule has 35 heavy (non-hydrogen) atoms. The zero-order valence-corrected chi connectivity index (χ0v) is 21.9. The molecule has 0 unspecified atom stereocenters. The molecule has 1 saturated heterocycles. The largest absolute Gasteiger partial charge is 0.488 e. The van der Waals surface area contributed by atoms with E-state index in [2.05, 4.69) is 4.72 Å². The van der Waals surface area contributed by atoms with Crippen LogP contribution in [0.1, 0.15) is 12.0 Å². The van der Waals surface area contributed by atoms with Crippen molar-refractivity contribution in [3.05, 3.63) is 59.1 Å². The minimum absolute atomic E-state index is 0.0326. The summed E-state index contributed by atoms with van der Waals surface area (Å²) in [6.45, 7) is 1.20. The normalized spacial score (nSPS) is 17.0. The molecule has 0 radical (unpaired) electrons. The molecule has 188 valence electrons. The summed E-state index contributed by atoms with van der Waals surface area (Å²) in [5.74, 6) is -0.406. The fraction of sp³-hybridized carbons (Fsp3) is 0.304. The average Bonchev–Trinajstić information content (AvgIpc) is 3.38. The molecule has 1 atom stereocenters.